The van der Waals surface area contributed by atoms with Gasteiger partial charge >= 0.3 is 5.97 Å². The number of hydrogen-bond acceptors (Lipinski definition) is 4. The van der Waals surface area contributed by atoms with Crippen molar-refractivity contribution in [2.45, 2.75) is 6.61 Å². The van der Waals surface area contributed by atoms with Gasteiger partial charge in [0.2, 0.25) is 0 Å². The Labute approximate surface area is 122 Å². The monoisotopic (exact) mass is 288 g/mol. The van der Waals surface area contributed by atoms with Crippen LogP contribution in [0.2, 0.25) is 0 Å². The van der Waals surface area contributed by atoms with Gasteiger partial charge in [-0.15, -0.1) is 0 Å². The first-order chi connectivity index (χ1) is 10.1. The molecule has 110 valence electrons. The molecule has 2 aromatic rings. The lowest BCUT2D eigenvalue weighted by Gasteiger charge is -2.11. The minimum Gasteiger partial charge on any atom is -0.497 e. The Bertz CT molecular complexity index is 636. The highest BCUT2D eigenvalue weighted by Gasteiger charge is 2.13. The summed E-state index contributed by atoms with van der Waals surface area (Å²) in [6.45, 7) is 0.254. The summed E-state index contributed by atoms with van der Waals surface area (Å²) in [6.07, 6.45) is 0. The summed E-state index contributed by atoms with van der Waals surface area (Å²) in [5.41, 5.74) is 0.957. The molecular weight excluding hydrogens is 272 g/mol. The molecule has 0 saturated heterocycles. The summed E-state index contributed by atoms with van der Waals surface area (Å²) < 4.78 is 15.7. The number of hydrogen-bond donors (Lipinski definition) is 1. The maximum atomic E-state index is 11.2. The molecule has 0 unspecified atom stereocenters. The lowest BCUT2D eigenvalue weighted by Crippen LogP contribution is -2.04. The molecule has 5 nitrogen and oxygen atoms in total. The number of methoxy groups -OCH3 is 2. The molecule has 0 fully saturated rings. The minimum absolute atomic E-state index is 0.0669. The van der Waals surface area contributed by atoms with Crippen molar-refractivity contribution in [2.75, 3.05) is 14.2 Å². The Morgan fingerprint density at radius 1 is 1.05 bits per heavy atom. The van der Waals surface area contributed by atoms with Crippen LogP contribution >= 0.6 is 0 Å². The smallest absolute Gasteiger partial charge is 0.339 e. The van der Waals surface area contributed by atoms with Crippen molar-refractivity contribution in [3.05, 3.63) is 53.6 Å². The highest BCUT2D eigenvalue weighted by atomic mass is 16.5. The van der Waals surface area contributed by atoms with Crippen molar-refractivity contribution in [1.82, 2.24) is 0 Å². The average molecular weight is 288 g/mol. The molecule has 0 bridgehead atoms. The van der Waals surface area contributed by atoms with E-state index in [0.717, 1.165) is 11.3 Å². The first-order valence-electron chi connectivity index (χ1n) is 6.31. The first-order valence-corrected chi connectivity index (χ1v) is 6.31. The molecule has 2 aromatic carbocycles. The third-order valence-corrected chi connectivity index (χ3v) is 2.95. The van der Waals surface area contributed by atoms with Gasteiger partial charge in [-0.25, -0.2) is 4.79 Å². The lowest BCUT2D eigenvalue weighted by atomic mass is 10.2. The predicted octanol–water partition coefficient (Wildman–Crippen LogP) is 2.98. The van der Waals surface area contributed by atoms with Crippen LogP contribution in [0.15, 0.2) is 42.5 Å². The van der Waals surface area contributed by atoms with Gasteiger partial charge in [-0.1, -0.05) is 12.1 Å². The van der Waals surface area contributed by atoms with Crippen molar-refractivity contribution in [3.63, 3.8) is 0 Å². The molecule has 21 heavy (non-hydrogen) atoms. The van der Waals surface area contributed by atoms with E-state index in [1.54, 1.807) is 19.2 Å². The summed E-state index contributed by atoms with van der Waals surface area (Å²) in [6, 6.07) is 12.1. The van der Waals surface area contributed by atoms with Gasteiger partial charge in [0.1, 0.15) is 29.4 Å². The predicted molar refractivity (Wildman–Crippen MR) is 77.3 cm³/mol. The second-order valence-electron chi connectivity index (χ2n) is 4.31. The van der Waals surface area contributed by atoms with Crippen molar-refractivity contribution < 1.29 is 24.1 Å². The Morgan fingerprint density at radius 2 is 1.76 bits per heavy atom. The summed E-state index contributed by atoms with van der Waals surface area (Å²) in [5.74, 6) is 0.436. The molecule has 5 heteroatoms. The Morgan fingerprint density at radius 3 is 2.43 bits per heavy atom. The van der Waals surface area contributed by atoms with Crippen LogP contribution < -0.4 is 14.2 Å². The van der Waals surface area contributed by atoms with Gasteiger partial charge in [0.25, 0.3) is 0 Å². The Kier molecular flexibility index (Phi) is 4.66. The molecule has 0 aliphatic rings. The molecule has 0 aromatic heterocycles. The number of aromatic carboxylic acids is 1. The standard InChI is InChI=1S/C16H16O5/c1-19-12-5-3-4-11(8-12)10-21-15-7-6-13(20-2)9-14(15)16(17)18/h3-9H,10H2,1-2H3,(H,17,18). The van der Waals surface area contributed by atoms with Crippen molar-refractivity contribution in [2.24, 2.45) is 0 Å². The van der Waals surface area contributed by atoms with Crippen LogP contribution in [-0.4, -0.2) is 25.3 Å². The van der Waals surface area contributed by atoms with Gasteiger partial charge in [-0.3, -0.25) is 0 Å². The summed E-state index contributed by atoms with van der Waals surface area (Å²) in [7, 11) is 3.07. The van der Waals surface area contributed by atoms with Crippen LogP contribution in [0, 0.1) is 0 Å². The quantitative estimate of drug-likeness (QED) is 0.885. The number of rotatable bonds is 6. The van der Waals surface area contributed by atoms with E-state index in [1.165, 1.54) is 13.2 Å². The molecule has 0 aliphatic heterocycles. The molecule has 1 N–H and O–H groups in total. The number of carbonyl (C=O) groups is 1. The van der Waals surface area contributed by atoms with E-state index in [1.807, 2.05) is 24.3 Å². The Balaban J connectivity index is 2.17. The third kappa shape index (κ3) is 3.66. The fourth-order valence-corrected chi connectivity index (χ4v) is 1.85. The van der Waals surface area contributed by atoms with Gasteiger partial charge in [0.15, 0.2) is 0 Å². The summed E-state index contributed by atoms with van der Waals surface area (Å²) in [5, 5.41) is 9.21. The van der Waals surface area contributed by atoms with E-state index in [0.29, 0.717) is 11.5 Å². The van der Waals surface area contributed by atoms with Crippen LogP contribution in [0.3, 0.4) is 0 Å². The van der Waals surface area contributed by atoms with Crippen LogP contribution in [0.25, 0.3) is 0 Å². The minimum atomic E-state index is -1.06. The third-order valence-electron chi connectivity index (χ3n) is 2.95. The first kappa shape index (κ1) is 14.7. The molecule has 2 rings (SSSR count). The van der Waals surface area contributed by atoms with Gasteiger partial charge < -0.3 is 19.3 Å². The van der Waals surface area contributed by atoms with Crippen molar-refractivity contribution in [3.8, 4) is 17.2 Å². The number of carboxylic acids is 1. The van der Waals surface area contributed by atoms with E-state index in [4.69, 9.17) is 14.2 Å². The lowest BCUT2D eigenvalue weighted by molar-refractivity contribution is 0.0691. The van der Waals surface area contributed by atoms with Crippen LogP contribution in [-0.2, 0) is 6.61 Å². The molecule has 0 amide bonds. The highest BCUT2D eigenvalue weighted by molar-refractivity contribution is 5.91. The maximum Gasteiger partial charge on any atom is 0.339 e. The number of ether oxygens (including phenoxy) is 3. The largest absolute Gasteiger partial charge is 0.497 e. The van der Waals surface area contributed by atoms with E-state index in [2.05, 4.69) is 0 Å². The topological polar surface area (TPSA) is 65.0 Å². The second kappa shape index (κ2) is 6.65. The summed E-state index contributed by atoms with van der Waals surface area (Å²) in [4.78, 5) is 11.2. The summed E-state index contributed by atoms with van der Waals surface area (Å²) >= 11 is 0. The Hall–Kier alpha value is -2.69. The molecule has 0 aliphatic carbocycles. The fraction of sp³-hybridized carbons (Fsp3) is 0.188. The zero-order chi connectivity index (χ0) is 15.2. The molecule has 0 saturated carbocycles. The van der Waals surface area contributed by atoms with Gasteiger partial charge in [-0.05, 0) is 35.9 Å². The number of benzene rings is 2. The van der Waals surface area contributed by atoms with Crippen LogP contribution in [0.1, 0.15) is 15.9 Å². The normalized spacial score (nSPS) is 10.0. The molecule has 0 spiro atoms. The molecule has 0 atom stereocenters. The second-order valence-corrected chi connectivity index (χ2v) is 4.31. The van der Waals surface area contributed by atoms with Crippen LogP contribution in [0.4, 0.5) is 0 Å². The van der Waals surface area contributed by atoms with Crippen LogP contribution in [0.5, 0.6) is 17.2 Å². The average Bonchev–Trinajstić information content (AvgIpc) is 2.52. The zero-order valence-electron chi connectivity index (χ0n) is 11.8. The SMILES string of the molecule is COc1cccc(COc2ccc(OC)cc2C(=O)O)c1. The van der Waals surface area contributed by atoms with Gasteiger partial charge in [-0.2, -0.15) is 0 Å². The highest BCUT2D eigenvalue weighted by Crippen LogP contribution is 2.25. The van der Waals surface area contributed by atoms with E-state index in [-0.39, 0.29) is 12.2 Å². The van der Waals surface area contributed by atoms with Gasteiger partial charge in [0.05, 0.1) is 14.2 Å². The fourth-order valence-electron chi connectivity index (χ4n) is 1.85. The molecule has 0 heterocycles. The zero-order valence-corrected chi connectivity index (χ0v) is 11.8. The van der Waals surface area contributed by atoms with Crippen molar-refractivity contribution in [1.29, 1.82) is 0 Å². The number of carboxylic acid groups (broad SMARTS) is 1. The molecular formula is C16H16O5. The van der Waals surface area contributed by atoms with Gasteiger partial charge in [0, 0.05) is 0 Å². The van der Waals surface area contributed by atoms with E-state index >= 15 is 0 Å². The maximum absolute atomic E-state index is 11.2. The van der Waals surface area contributed by atoms with Crippen molar-refractivity contribution >= 4 is 5.97 Å². The van der Waals surface area contributed by atoms with E-state index in [9.17, 15) is 9.90 Å². The molecule has 0 radical (unpaired) electrons. The van der Waals surface area contributed by atoms with E-state index < -0.39 is 5.97 Å².